The third kappa shape index (κ3) is 8.15. The van der Waals surface area contributed by atoms with Gasteiger partial charge in [-0.25, -0.2) is 0 Å². The van der Waals surface area contributed by atoms with E-state index >= 15 is 0 Å². The monoisotopic (exact) mass is 321 g/mol. The molecule has 0 saturated heterocycles. The molecule has 23 heavy (non-hydrogen) atoms. The Morgan fingerprint density at radius 2 is 1.78 bits per heavy atom. The van der Waals surface area contributed by atoms with E-state index in [9.17, 15) is 9.90 Å². The lowest BCUT2D eigenvalue weighted by atomic mass is 10.1. The molecule has 0 bridgehead atoms. The van der Waals surface area contributed by atoms with Gasteiger partial charge in [0.05, 0.1) is 6.61 Å². The minimum Gasteiger partial charge on any atom is -0.480 e. The van der Waals surface area contributed by atoms with Crippen molar-refractivity contribution in [3.63, 3.8) is 0 Å². The van der Waals surface area contributed by atoms with Crippen LogP contribution >= 0.6 is 0 Å². The standard InChI is InChI=1S/C17H23NO5/c1-12(2)10-21-18-16(17(19)20)9-14-5-7-15(8-6-14)23-22-11-13(3)4/h5-8,16,18H,1,3,9-11H2,2,4H3,(H,19,20). The van der Waals surface area contributed by atoms with E-state index < -0.39 is 12.0 Å². The van der Waals surface area contributed by atoms with Gasteiger partial charge in [0.15, 0.2) is 5.75 Å². The fourth-order valence-corrected chi connectivity index (χ4v) is 1.56. The lowest BCUT2D eigenvalue weighted by Gasteiger charge is -2.14. The van der Waals surface area contributed by atoms with Crippen LogP contribution in [0.5, 0.6) is 5.75 Å². The molecule has 6 nitrogen and oxygen atoms in total. The maximum Gasteiger partial charge on any atom is 0.323 e. The van der Waals surface area contributed by atoms with Crippen LogP contribution in [0.25, 0.3) is 0 Å². The summed E-state index contributed by atoms with van der Waals surface area (Å²) in [7, 11) is 0. The lowest BCUT2D eigenvalue weighted by Crippen LogP contribution is -2.38. The average molecular weight is 321 g/mol. The molecule has 1 rings (SSSR count). The van der Waals surface area contributed by atoms with Crippen LogP contribution in [0.15, 0.2) is 48.6 Å². The molecule has 6 heteroatoms. The van der Waals surface area contributed by atoms with Crippen LogP contribution in [0.2, 0.25) is 0 Å². The number of carboxylic acids is 1. The van der Waals surface area contributed by atoms with Gasteiger partial charge >= 0.3 is 5.97 Å². The first-order chi connectivity index (χ1) is 10.9. The molecule has 0 saturated carbocycles. The number of hydroxylamine groups is 1. The van der Waals surface area contributed by atoms with Gasteiger partial charge in [-0.05, 0) is 31.5 Å². The second kappa shape index (κ2) is 9.78. The van der Waals surface area contributed by atoms with E-state index in [1.807, 2.05) is 6.92 Å². The van der Waals surface area contributed by atoms with Crippen LogP contribution in [0.4, 0.5) is 0 Å². The Kier molecular flexibility index (Phi) is 8.04. The third-order valence-corrected chi connectivity index (χ3v) is 2.67. The SMILES string of the molecule is C=C(C)CONC(Cc1ccc(OOCC(=C)C)cc1)C(=O)O. The molecule has 1 atom stereocenters. The van der Waals surface area contributed by atoms with Crippen molar-refractivity contribution < 1.29 is 24.5 Å². The summed E-state index contributed by atoms with van der Waals surface area (Å²) in [5.41, 5.74) is 5.02. The lowest BCUT2D eigenvalue weighted by molar-refractivity contribution is -0.197. The van der Waals surface area contributed by atoms with E-state index in [1.54, 1.807) is 31.2 Å². The second-order valence-corrected chi connectivity index (χ2v) is 5.41. The molecule has 0 spiro atoms. The van der Waals surface area contributed by atoms with E-state index in [-0.39, 0.29) is 13.0 Å². The molecular formula is C17H23NO5. The molecule has 126 valence electrons. The molecule has 0 aliphatic rings. The molecule has 1 unspecified atom stereocenters. The topological polar surface area (TPSA) is 77.0 Å². The molecular weight excluding hydrogens is 298 g/mol. The number of nitrogens with one attached hydrogen (secondary N) is 1. The average Bonchev–Trinajstić information content (AvgIpc) is 2.47. The van der Waals surface area contributed by atoms with Crippen LogP contribution < -0.4 is 10.4 Å². The first-order valence-electron chi connectivity index (χ1n) is 7.15. The van der Waals surface area contributed by atoms with Crippen molar-refractivity contribution in [2.45, 2.75) is 26.3 Å². The molecule has 2 N–H and O–H groups in total. The molecule has 0 fully saturated rings. The first-order valence-corrected chi connectivity index (χ1v) is 7.15. The quantitative estimate of drug-likeness (QED) is 0.371. The predicted molar refractivity (Wildman–Crippen MR) is 86.9 cm³/mol. The van der Waals surface area contributed by atoms with Gasteiger partial charge < -0.3 is 9.99 Å². The van der Waals surface area contributed by atoms with Gasteiger partial charge in [0.25, 0.3) is 0 Å². The summed E-state index contributed by atoms with van der Waals surface area (Å²) in [5.74, 6) is -0.454. The number of benzene rings is 1. The summed E-state index contributed by atoms with van der Waals surface area (Å²) in [6.07, 6.45) is 0.276. The van der Waals surface area contributed by atoms with Crippen LogP contribution in [0.3, 0.4) is 0 Å². The molecule has 0 amide bonds. The van der Waals surface area contributed by atoms with Gasteiger partial charge in [0, 0.05) is 6.42 Å². The predicted octanol–water partition coefficient (Wildman–Crippen LogP) is 2.67. The molecule has 0 aromatic heterocycles. The van der Waals surface area contributed by atoms with Gasteiger partial charge in [-0.15, -0.1) is 0 Å². The van der Waals surface area contributed by atoms with Crippen LogP contribution in [-0.4, -0.2) is 30.3 Å². The summed E-state index contributed by atoms with van der Waals surface area (Å²) < 4.78 is 0. The maximum absolute atomic E-state index is 11.2. The van der Waals surface area contributed by atoms with Crippen molar-refractivity contribution in [1.29, 1.82) is 0 Å². The van der Waals surface area contributed by atoms with Gasteiger partial charge in [-0.3, -0.25) is 9.63 Å². The number of rotatable bonds is 11. The molecule has 0 aliphatic heterocycles. The number of hydrogen-bond acceptors (Lipinski definition) is 5. The summed E-state index contributed by atoms with van der Waals surface area (Å²) in [4.78, 5) is 26.4. The highest BCUT2D eigenvalue weighted by Gasteiger charge is 2.18. The molecule has 0 radical (unpaired) electrons. The van der Waals surface area contributed by atoms with Gasteiger partial charge in [0.1, 0.15) is 12.6 Å². The van der Waals surface area contributed by atoms with Gasteiger partial charge in [0.2, 0.25) is 0 Å². The number of carboxylic acid groups (broad SMARTS) is 1. The second-order valence-electron chi connectivity index (χ2n) is 5.41. The first kappa shape index (κ1) is 18.9. The van der Waals surface area contributed by atoms with Crippen molar-refractivity contribution in [3.05, 3.63) is 54.1 Å². The van der Waals surface area contributed by atoms with E-state index in [0.717, 1.165) is 16.7 Å². The Balaban J connectivity index is 2.51. The summed E-state index contributed by atoms with van der Waals surface area (Å²) >= 11 is 0. The number of carbonyl (C=O) groups is 1. The Hall–Kier alpha value is -2.15. The highest BCUT2D eigenvalue weighted by atomic mass is 17.2. The largest absolute Gasteiger partial charge is 0.480 e. The van der Waals surface area contributed by atoms with Crippen LogP contribution in [0.1, 0.15) is 19.4 Å². The smallest absolute Gasteiger partial charge is 0.323 e. The zero-order valence-corrected chi connectivity index (χ0v) is 13.5. The molecule has 1 aromatic rings. The van der Waals surface area contributed by atoms with E-state index in [1.165, 1.54) is 0 Å². The van der Waals surface area contributed by atoms with Crippen molar-refractivity contribution in [2.75, 3.05) is 13.2 Å². The maximum atomic E-state index is 11.2. The minimum atomic E-state index is -0.989. The van der Waals surface area contributed by atoms with E-state index in [2.05, 4.69) is 18.6 Å². The summed E-state index contributed by atoms with van der Waals surface area (Å²) in [5, 5.41) is 9.20. The van der Waals surface area contributed by atoms with Crippen LogP contribution in [0, 0.1) is 0 Å². The molecule has 1 aromatic carbocycles. The highest BCUT2D eigenvalue weighted by Crippen LogP contribution is 2.14. The Morgan fingerprint density at radius 1 is 1.17 bits per heavy atom. The summed E-state index contributed by atoms with van der Waals surface area (Å²) in [6, 6.07) is 6.12. The Bertz CT molecular complexity index is 538. The zero-order valence-electron chi connectivity index (χ0n) is 13.5. The van der Waals surface area contributed by atoms with E-state index in [4.69, 9.17) is 14.6 Å². The zero-order chi connectivity index (χ0) is 17.2. The molecule has 0 heterocycles. The normalized spacial score (nSPS) is 11.7. The third-order valence-electron chi connectivity index (χ3n) is 2.67. The van der Waals surface area contributed by atoms with E-state index in [0.29, 0.717) is 12.4 Å². The number of hydrogen-bond donors (Lipinski definition) is 2. The fraction of sp³-hybridized carbons (Fsp3) is 0.353. The highest BCUT2D eigenvalue weighted by molar-refractivity contribution is 5.73. The van der Waals surface area contributed by atoms with Gasteiger partial charge in [-0.1, -0.05) is 36.4 Å². The van der Waals surface area contributed by atoms with Crippen molar-refractivity contribution in [1.82, 2.24) is 5.48 Å². The minimum absolute atomic E-state index is 0.261. The van der Waals surface area contributed by atoms with Crippen molar-refractivity contribution >= 4 is 5.97 Å². The van der Waals surface area contributed by atoms with Crippen LogP contribution in [-0.2, 0) is 20.9 Å². The van der Waals surface area contributed by atoms with Crippen molar-refractivity contribution in [2.24, 2.45) is 0 Å². The fourth-order valence-electron chi connectivity index (χ4n) is 1.56. The summed E-state index contributed by atoms with van der Waals surface area (Å²) in [6.45, 7) is 11.6. The Morgan fingerprint density at radius 3 is 2.30 bits per heavy atom. The molecule has 0 aliphatic carbocycles. The van der Waals surface area contributed by atoms with Crippen molar-refractivity contribution in [3.8, 4) is 5.75 Å². The van der Waals surface area contributed by atoms with Gasteiger partial charge in [-0.2, -0.15) is 10.4 Å². The Labute approximate surface area is 136 Å². The number of aliphatic carboxylic acids is 1.